The third kappa shape index (κ3) is 5.80. The zero-order chi connectivity index (χ0) is 16.0. The molecule has 1 N–H and O–H groups in total. The van der Waals surface area contributed by atoms with Crippen molar-refractivity contribution in [1.29, 1.82) is 0 Å². The number of amides is 1. The first-order valence-electron chi connectivity index (χ1n) is 8.50. The minimum atomic E-state index is 0.0391. The SMILES string of the molecule is CC(C)(C)CC(=O)NCc1ccccc1CN1CCCCC1. The van der Waals surface area contributed by atoms with Gasteiger partial charge in [-0.05, 0) is 42.5 Å². The lowest BCUT2D eigenvalue weighted by molar-refractivity contribution is -0.122. The maximum absolute atomic E-state index is 12.0. The minimum Gasteiger partial charge on any atom is -0.352 e. The third-order valence-electron chi connectivity index (χ3n) is 4.13. The molecule has 1 aromatic rings. The van der Waals surface area contributed by atoms with Gasteiger partial charge in [0.05, 0.1) is 0 Å². The van der Waals surface area contributed by atoms with Gasteiger partial charge >= 0.3 is 0 Å². The molecule has 1 aliphatic rings. The number of hydrogen-bond donors (Lipinski definition) is 1. The van der Waals surface area contributed by atoms with E-state index in [2.05, 4.69) is 55.3 Å². The van der Waals surface area contributed by atoms with Crippen LogP contribution in [0.25, 0.3) is 0 Å². The van der Waals surface area contributed by atoms with E-state index in [1.807, 2.05) is 0 Å². The van der Waals surface area contributed by atoms with Gasteiger partial charge < -0.3 is 5.32 Å². The zero-order valence-corrected chi connectivity index (χ0v) is 14.3. The molecule has 0 saturated carbocycles. The number of piperidine rings is 1. The van der Waals surface area contributed by atoms with Crippen LogP contribution in [0.2, 0.25) is 0 Å². The Balaban J connectivity index is 1.91. The van der Waals surface area contributed by atoms with Crippen LogP contribution >= 0.6 is 0 Å². The van der Waals surface area contributed by atoms with E-state index < -0.39 is 0 Å². The summed E-state index contributed by atoms with van der Waals surface area (Å²) in [5.74, 6) is 0.139. The second-order valence-corrected chi connectivity index (χ2v) is 7.62. The summed E-state index contributed by atoms with van der Waals surface area (Å²) in [4.78, 5) is 14.5. The van der Waals surface area contributed by atoms with Gasteiger partial charge in [0.2, 0.25) is 5.91 Å². The van der Waals surface area contributed by atoms with Crippen molar-refractivity contribution in [1.82, 2.24) is 10.2 Å². The summed E-state index contributed by atoms with van der Waals surface area (Å²) in [6.07, 6.45) is 4.55. The summed E-state index contributed by atoms with van der Waals surface area (Å²) in [5, 5.41) is 3.08. The fraction of sp³-hybridized carbons (Fsp3) is 0.632. The van der Waals surface area contributed by atoms with E-state index in [4.69, 9.17) is 0 Å². The van der Waals surface area contributed by atoms with Crippen LogP contribution in [-0.2, 0) is 17.9 Å². The molecule has 0 radical (unpaired) electrons. The highest BCUT2D eigenvalue weighted by atomic mass is 16.1. The normalized spacial score (nSPS) is 16.5. The van der Waals surface area contributed by atoms with E-state index in [0.717, 1.165) is 6.54 Å². The van der Waals surface area contributed by atoms with Crippen molar-refractivity contribution < 1.29 is 4.79 Å². The lowest BCUT2D eigenvalue weighted by atomic mass is 9.92. The predicted octanol–water partition coefficient (Wildman–Crippen LogP) is 3.72. The van der Waals surface area contributed by atoms with Gasteiger partial charge in [-0.2, -0.15) is 0 Å². The van der Waals surface area contributed by atoms with Crippen LogP contribution in [0.15, 0.2) is 24.3 Å². The van der Waals surface area contributed by atoms with Gasteiger partial charge in [0.15, 0.2) is 0 Å². The monoisotopic (exact) mass is 302 g/mol. The predicted molar refractivity (Wildman–Crippen MR) is 91.5 cm³/mol. The Hall–Kier alpha value is -1.35. The van der Waals surface area contributed by atoms with E-state index in [9.17, 15) is 4.79 Å². The zero-order valence-electron chi connectivity index (χ0n) is 14.3. The van der Waals surface area contributed by atoms with Gasteiger partial charge in [0.1, 0.15) is 0 Å². The molecule has 122 valence electrons. The molecular weight excluding hydrogens is 272 g/mol. The highest BCUT2D eigenvalue weighted by molar-refractivity contribution is 5.76. The smallest absolute Gasteiger partial charge is 0.220 e. The number of nitrogens with zero attached hydrogens (tertiary/aromatic N) is 1. The van der Waals surface area contributed by atoms with E-state index in [0.29, 0.717) is 13.0 Å². The highest BCUT2D eigenvalue weighted by Crippen LogP contribution is 2.19. The van der Waals surface area contributed by atoms with Crippen molar-refractivity contribution in [2.45, 2.75) is 59.5 Å². The Bertz CT molecular complexity index is 484. The molecule has 1 aromatic carbocycles. The number of likely N-dealkylation sites (tertiary alicyclic amines) is 1. The van der Waals surface area contributed by atoms with Gasteiger partial charge in [0.25, 0.3) is 0 Å². The van der Waals surface area contributed by atoms with Crippen LogP contribution in [0.1, 0.15) is 57.6 Å². The molecule has 0 aliphatic carbocycles. The number of hydrogen-bond acceptors (Lipinski definition) is 2. The number of carbonyl (C=O) groups is 1. The number of carbonyl (C=O) groups excluding carboxylic acids is 1. The van der Waals surface area contributed by atoms with Crippen molar-refractivity contribution in [3.8, 4) is 0 Å². The van der Waals surface area contributed by atoms with Crippen molar-refractivity contribution >= 4 is 5.91 Å². The summed E-state index contributed by atoms with van der Waals surface area (Å²) in [7, 11) is 0. The average molecular weight is 302 g/mol. The van der Waals surface area contributed by atoms with E-state index in [1.54, 1.807) is 0 Å². The highest BCUT2D eigenvalue weighted by Gasteiger charge is 2.16. The fourth-order valence-electron chi connectivity index (χ4n) is 2.98. The first-order chi connectivity index (χ1) is 10.4. The van der Waals surface area contributed by atoms with Crippen LogP contribution < -0.4 is 5.32 Å². The maximum Gasteiger partial charge on any atom is 0.220 e. The molecule has 0 aromatic heterocycles. The molecule has 0 atom stereocenters. The van der Waals surface area contributed by atoms with E-state index >= 15 is 0 Å². The lowest BCUT2D eigenvalue weighted by Gasteiger charge is -2.27. The second-order valence-electron chi connectivity index (χ2n) is 7.62. The molecule has 3 nitrogen and oxygen atoms in total. The standard InChI is InChI=1S/C19H30N2O/c1-19(2,3)13-18(22)20-14-16-9-5-6-10-17(16)15-21-11-7-4-8-12-21/h5-6,9-10H,4,7-8,11-15H2,1-3H3,(H,20,22). The Morgan fingerprint density at radius 1 is 1.09 bits per heavy atom. The van der Waals surface area contributed by atoms with Crippen LogP contribution in [0.5, 0.6) is 0 Å². The molecule has 0 unspecified atom stereocenters. The molecule has 3 heteroatoms. The summed E-state index contributed by atoms with van der Waals surface area (Å²) >= 11 is 0. The van der Waals surface area contributed by atoms with Crippen molar-refractivity contribution in [2.24, 2.45) is 5.41 Å². The van der Waals surface area contributed by atoms with Crippen molar-refractivity contribution in [3.05, 3.63) is 35.4 Å². The van der Waals surface area contributed by atoms with Crippen LogP contribution in [-0.4, -0.2) is 23.9 Å². The largest absolute Gasteiger partial charge is 0.352 e. The van der Waals surface area contributed by atoms with Gasteiger partial charge in [-0.3, -0.25) is 9.69 Å². The molecule has 1 amide bonds. The molecule has 1 aliphatic heterocycles. The Labute approximate surface area is 135 Å². The Kier molecular flexibility index (Phi) is 6.01. The van der Waals surface area contributed by atoms with Gasteiger partial charge in [-0.1, -0.05) is 51.5 Å². The summed E-state index contributed by atoms with van der Waals surface area (Å²) in [5.41, 5.74) is 2.63. The first-order valence-corrected chi connectivity index (χ1v) is 8.50. The van der Waals surface area contributed by atoms with Crippen molar-refractivity contribution in [3.63, 3.8) is 0 Å². The van der Waals surface area contributed by atoms with Gasteiger partial charge in [-0.15, -0.1) is 0 Å². The third-order valence-corrected chi connectivity index (χ3v) is 4.13. The second kappa shape index (κ2) is 7.77. The summed E-state index contributed by atoms with van der Waals surface area (Å²) in [6.45, 7) is 10.3. The van der Waals surface area contributed by atoms with Gasteiger partial charge in [-0.25, -0.2) is 0 Å². The Morgan fingerprint density at radius 3 is 2.36 bits per heavy atom. The number of benzene rings is 1. The average Bonchev–Trinajstić information content (AvgIpc) is 2.46. The minimum absolute atomic E-state index is 0.0391. The molecule has 0 spiro atoms. The molecule has 22 heavy (non-hydrogen) atoms. The van der Waals surface area contributed by atoms with Crippen molar-refractivity contribution in [2.75, 3.05) is 13.1 Å². The maximum atomic E-state index is 12.0. The molecule has 1 saturated heterocycles. The number of nitrogens with one attached hydrogen (secondary N) is 1. The fourth-order valence-corrected chi connectivity index (χ4v) is 2.98. The Morgan fingerprint density at radius 2 is 1.73 bits per heavy atom. The molecule has 1 heterocycles. The summed E-state index contributed by atoms with van der Waals surface area (Å²) < 4.78 is 0. The quantitative estimate of drug-likeness (QED) is 0.899. The molecule has 0 bridgehead atoms. The van der Waals surface area contributed by atoms with Crippen LogP contribution in [0, 0.1) is 5.41 Å². The first kappa shape index (κ1) is 17.0. The van der Waals surface area contributed by atoms with Crippen LogP contribution in [0.3, 0.4) is 0 Å². The molecule has 2 rings (SSSR count). The van der Waals surface area contributed by atoms with E-state index in [-0.39, 0.29) is 11.3 Å². The number of rotatable bonds is 5. The lowest BCUT2D eigenvalue weighted by Crippen LogP contribution is -2.30. The summed E-state index contributed by atoms with van der Waals surface area (Å²) in [6, 6.07) is 8.49. The topological polar surface area (TPSA) is 32.3 Å². The van der Waals surface area contributed by atoms with Crippen LogP contribution in [0.4, 0.5) is 0 Å². The molecular formula is C19H30N2O. The molecule has 1 fully saturated rings. The van der Waals surface area contributed by atoms with Gasteiger partial charge in [0, 0.05) is 19.5 Å². The van der Waals surface area contributed by atoms with E-state index in [1.165, 1.54) is 43.5 Å².